The topological polar surface area (TPSA) is 92.6 Å². The lowest BCUT2D eigenvalue weighted by molar-refractivity contribution is -0.133. The zero-order valence-electron chi connectivity index (χ0n) is 19.2. The Bertz CT molecular complexity index is 1180. The van der Waals surface area contributed by atoms with Crippen LogP contribution in [0.2, 0.25) is 0 Å². The molecule has 0 unspecified atom stereocenters. The highest BCUT2D eigenvalue weighted by molar-refractivity contribution is 5.94. The van der Waals surface area contributed by atoms with Crippen molar-refractivity contribution in [1.82, 2.24) is 19.7 Å². The van der Waals surface area contributed by atoms with Crippen LogP contribution in [0.5, 0.6) is 5.75 Å². The summed E-state index contributed by atoms with van der Waals surface area (Å²) >= 11 is 0. The number of aryl methyl sites for hydroxylation is 1. The number of hydrogen-bond donors (Lipinski definition) is 1. The van der Waals surface area contributed by atoms with Crippen LogP contribution in [-0.4, -0.2) is 64.3 Å². The van der Waals surface area contributed by atoms with E-state index in [0.717, 1.165) is 11.4 Å². The number of ether oxygens (including phenoxy) is 1. The van der Waals surface area contributed by atoms with Crippen molar-refractivity contribution in [2.24, 2.45) is 0 Å². The largest absolute Gasteiger partial charge is 0.492 e. The van der Waals surface area contributed by atoms with Crippen molar-refractivity contribution in [1.29, 1.82) is 0 Å². The van der Waals surface area contributed by atoms with Crippen LogP contribution >= 0.6 is 0 Å². The fraction of sp³-hybridized carbons (Fsp3) is 0.333. The second-order valence-corrected chi connectivity index (χ2v) is 7.93. The summed E-state index contributed by atoms with van der Waals surface area (Å²) in [5, 5.41) is 7.01. The first-order chi connectivity index (χ1) is 16.4. The Morgan fingerprint density at radius 2 is 2.03 bits per heavy atom. The van der Waals surface area contributed by atoms with Gasteiger partial charge in [0.25, 0.3) is 0 Å². The summed E-state index contributed by atoms with van der Waals surface area (Å²) in [5.74, 6) is 0.441. The molecule has 1 N–H and O–H groups in total. The van der Waals surface area contributed by atoms with Crippen LogP contribution in [-0.2, 0) is 9.59 Å². The Morgan fingerprint density at radius 3 is 2.76 bits per heavy atom. The molecule has 1 fully saturated rings. The van der Waals surface area contributed by atoms with Gasteiger partial charge in [-0.3, -0.25) is 9.59 Å². The highest BCUT2D eigenvalue weighted by Gasteiger charge is 2.24. The first-order valence-electron chi connectivity index (χ1n) is 11.2. The second-order valence-electron chi connectivity index (χ2n) is 7.93. The van der Waals surface area contributed by atoms with Gasteiger partial charge in [0.1, 0.15) is 29.4 Å². The summed E-state index contributed by atoms with van der Waals surface area (Å²) in [6.45, 7) is 5.63. The smallest absolute Gasteiger partial charge is 0.243 e. The molecule has 0 atom stereocenters. The van der Waals surface area contributed by atoms with Gasteiger partial charge in [-0.05, 0) is 44.2 Å². The summed E-state index contributed by atoms with van der Waals surface area (Å²) in [5.41, 5.74) is 2.07. The van der Waals surface area contributed by atoms with Crippen LogP contribution in [0.3, 0.4) is 0 Å². The lowest BCUT2D eigenvalue weighted by Crippen LogP contribution is -2.39. The molecule has 0 spiro atoms. The number of aromatic nitrogens is 3. The molecule has 1 aliphatic heterocycles. The second kappa shape index (κ2) is 10.3. The molecule has 10 heteroatoms. The fourth-order valence-corrected chi connectivity index (χ4v) is 3.85. The van der Waals surface area contributed by atoms with Crippen LogP contribution in [0.1, 0.15) is 19.2 Å². The van der Waals surface area contributed by atoms with Gasteiger partial charge in [-0.25, -0.2) is 14.1 Å². The molecule has 2 aromatic carbocycles. The van der Waals surface area contributed by atoms with E-state index < -0.39 is 5.82 Å². The maximum Gasteiger partial charge on any atom is 0.243 e. The van der Waals surface area contributed by atoms with Crippen LogP contribution in [0.15, 0.2) is 48.8 Å². The predicted molar refractivity (Wildman–Crippen MR) is 126 cm³/mol. The predicted octanol–water partition coefficient (Wildman–Crippen LogP) is 2.79. The number of benzene rings is 2. The highest BCUT2D eigenvalue weighted by Crippen LogP contribution is 2.29. The number of amides is 2. The molecular formula is C24H27FN6O3. The Balaban J connectivity index is 1.44. The minimum Gasteiger partial charge on any atom is -0.492 e. The van der Waals surface area contributed by atoms with Gasteiger partial charge in [-0.1, -0.05) is 6.07 Å². The number of hydrogen-bond acceptors (Lipinski definition) is 6. The summed E-state index contributed by atoms with van der Waals surface area (Å²) in [4.78, 5) is 32.9. The monoisotopic (exact) mass is 466 g/mol. The lowest BCUT2D eigenvalue weighted by atomic mass is 10.2. The Morgan fingerprint density at radius 1 is 1.18 bits per heavy atom. The first kappa shape index (κ1) is 23.2. The van der Waals surface area contributed by atoms with Crippen molar-refractivity contribution >= 4 is 23.2 Å². The third-order valence-electron chi connectivity index (χ3n) is 5.49. The molecule has 1 saturated heterocycles. The van der Waals surface area contributed by atoms with E-state index in [1.807, 2.05) is 32.0 Å². The third-order valence-corrected chi connectivity index (χ3v) is 5.49. The number of carbonyl (C=O) groups excluding carboxylic acids is 2. The van der Waals surface area contributed by atoms with Gasteiger partial charge in [-0.15, -0.1) is 0 Å². The van der Waals surface area contributed by atoms with E-state index in [1.165, 1.54) is 23.1 Å². The summed E-state index contributed by atoms with van der Waals surface area (Å²) in [6.07, 6.45) is 1.92. The Hall–Kier alpha value is -3.95. The van der Waals surface area contributed by atoms with E-state index in [4.69, 9.17) is 4.74 Å². The van der Waals surface area contributed by atoms with Gasteiger partial charge in [-0.2, -0.15) is 5.10 Å². The zero-order chi connectivity index (χ0) is 24.1. The maximum absolute atomic E-state index is 13.4. The van der Waals surface area contributed by atoms with Crippen molar-refractivity contribution < 1.29 is 18.7 Å². The lowest BCUT2D eigenvalue weighted by Gasteiger charge is -2.24. The number of nitrogens with one attached hydrogen (secondary N) is 1. The number of halogens is 1. The van der Waals surface area contributed by atoms with E-state index in [2.05, 4.69) is 20.3 Å². The van der Waals surface area contributed by atoms with Gasteiger partial charge in [0.05, 0.1) is 13.2 Å². The van der Waals surface area contributed by atoms with Crippen LogP contribution < -0.4 is 15.0 Å². The fourth-order valence-electron chi connectivity index (χ4n) is 3.85. The molecule has 178 valence electrons. The number of nitrogens with zero attached hydrogens (tertiary/aromatic N) is 5. The molecule has 0 saturated carbocycles. The van der Waals surface area contributed by atoms with Gasteiger partial charge in [0, 0.05) is 43.5 Å². The number of anilines is 2. The normalized spacial score (nSPS) is 14.1. The first-order valence-corrected chi connectivity index (χ1v) is 11.2. The molecule has 0 radical (unpaired) electrons. The minimum absolute atomic E-state index is 0.0853. The quantitative estimate of drug-likeness (QED) is 0.576. The molecule has 2 amide bonds. The number of rotatable bonds is 7. The number of carbonyl (C=O) groups is 2. The molecule has 1 aliphatic rings. The molecule has 2 heterocycles. The van der Waals surface area contributed by atoms with E-state index in [9.17, 15) is 14.0 Å². The standard InChI is InChI=1S/C24H27FN6O3/c1-3-34-22-14-20(7-8-21(22)31-16-26-17(2)28-31)29-10-9-24(33)30(12-11-29)15-23(32)27-19-6-4-5-18(25)13-19/h4-8,13-14,16H,3,9-12,15H2,1-2H3,(H,27,32). The van der Waals surface area contributed by atoms with Gasteiger partial charge < -0.3 is 19.9 Å². The summed E-state index contributed by atoms with van der Waals surface area (Å²) in [6, 6.07) is 11.5. The van der Waals surface area contributed by atoms with E-state index in [1.54, 1.807) is 17.1 Å². The third kappa shape index (κ3) is 5.51. The summed E-state index contributed by atoms with van der Waals surface area (Å²) < 4.78 is 20.9. The SMILES string of the molecule is CCOc1cc(N2CCC(=O)N(CC(=O)Nc3cccc(F)c3)CC2)ccc1-n1cnc(C)n1. The molecule has 34 heavy (non-hydrogen) atoms. The van der Waals surface area contributed by atoms with Gasteiger partial charge >= 0.3 is 0 Å². The van der Waals surface area contributed by atoms with E-state index in [-0.39, 0.29) is 24.8 Å². The molecule has 9 nitrogen and oxygen atoms in total. The van der Waals surface area contributed by atoms with Crippen LogP contribution in [0.4, 0.5) is 15.8 Å². The van der Waals surface area contributed by atoms with Crippen LogP contribution in [0, 0.1) is 12.7 Å². The highest BCUT2D eigenvalue weighted by atomic mass is 19.1. The average Bonchev–Trinajstić information content (AvgIpc) is 3.15. The van der Waals surface area contributed by atoms with Crippen molar-refractivity contribution in [3.05, 3.63) is 60.4 Å². The molecule has 0 bridgehead atoms. The zero-order valence-corrected chi connectivity index (χ0v) is 19.2. The van der Waals surface area contributed by atoms with Crippen molar-refractivity contribution in [3.8, 4) is 11.4 Å². The maximum atomic E-state index is 13.4. The van der Waals surface area contributed by atoms with Crippen molar-refractivity contribution in [3.63, 3.8) is 0 Å². The molecule has 1 aromatic heterocycles. The molecule has 4 rings (SSSR count). The molecular weight excluding hydrogens is 439 g/mol. The van der Waals surface area contributed by atoms with E-state index in [0.29, 0.717) is 43.5 Å². The molecule has 0 aliphatic carbocycles. The van der Waals surface area contributed by atoms with Gasteiger partial charge in [0.15, 0.2) is 0 Å². The molecule has 3 aromatic rings. The van der Waals surface area contributed by atoms with Crippen molar-refractivity contribution in [2.75, 3.05) is 43.0 Å². The minimum atomic E-state index is -0.435. The van der Waals surface area contributed by atoms with E-state index >= 15 is 0 Å². The average molecular weight is 467 g/mol. The summed E-state index contributed by atoms with van der Waals surface area (Å²) in [7, 11) is 0. The Kier molecular flexibility index (Phi) is 7.05. The Labute approximate surface area is 197 Å². The van der Waals surface area contributed by atoms with Crippen molar-refractivity contribution in [2.45, 2.75) is 20.3 Å². The van der Waals surface area contributed by atoms with Gasteiger partial charge in [0.2, 0.25) is 11.8 Å². The van der Waals surface area contributed by atoms with Crippen LogP contribution in [0.25, 0.3) is 5.69 Å².